The van der Waals surface area contributed by atoms with Gasteiger partial charge >= 0.3 is 0 Å². The predicted octanol–water partition coefficient (Wildman–Crippen LogP) is 3.54. The number of benzene rings is 1. The second kappa shape index (κ2) is 8.34. The van der Waals surface area contributed by atoms with Crippen LogP contribution in [0.3, 0.4) is 0 Å². The first-order valence-electron chi connectivity index (χ1n) is 13.3. The molecule has 0 saturated heterocycles. The molecule has 0 spiro atoms. The summed E-state index contributed by atoms with van der Waals surface area (Å²) in [6.45, 7) is 7.96. The maximum Gasteiger partial charge on any atom is 0.278 e. The van der Waals surface area contributed by atoms with Crippen molar-refractivity contribution in [1.82, 2.24) is 29.2 Å². The number of rotatable bonds is 5. The van der Waals surface area contributed by atoms with Crippen LogP contribution in [-0.4, -0.2) is 47.9 Å². The molecular formula is C29H31N7O2. The number of nitrogens with zero attached hydrogens (tertiary/aromatic N) is 6. The molecule has 0 radical (unpaired) electrons. The standard InChI is InChI=1S/C29H31N7O2/c1-4-11-35-27(37)22-14-30-28(31-21-12-18-5-6-19-15-34(3)16-20(13-21)24(18)19)33-26(22)36(35)23-8-7-17-9-10-29(2,38)25(17)32-23/h4,7-8,12-14,19,38H,1,5-6,9-11,15-16H2,2-3H3,(H,30,31,33). The Labute approximate surface area is 220 Å². The first-order valence-corrected chi connectivity index (χ1v) is 13.3. The van der Waals surface area contributed by atoms with Crippen LogP contribution in [-0.2, 0) is 31.5 Å². The summed E-state index contributed by atoms with van der Waals surface area (Å²) in [7, 11) is 2.18. The second-order valence-corrected chi connectivity index (χ2v) is 11.1. The molecule has 0 fully saturated rings. The molecule has 0 amide bonds. The van der Waals surface area contributed by atoms with Gasteiger partial charge in [0.15, 0.2) is 11.5 Å². The number of aryl methyl sites for hydroxylation is 2. The van der Waals surface area contributed by atoms with Crippen LogP contribution in [0.25, 0.3) is 16.9 Å². The Hall–Kier alpha value is -3.82. The average molecular weight is 510 g/mol. The molecule has 3 aromatic heterocycles. The van der Waals surface area contributed by atoms with Gasteiger partial charge in [-0.3, -0.25) is 4.79 Å². The number of pyridine rings is 1. The van der Waals surface area contributed by atoms with Gasteiger partial charge in [-0.2, -0.15) is 4.98 Å². The van der Waals surface area contributed by atoms with E-state index in [0.29, 0.717) is 40.8 Å². The van der Waals surface area contributed by atoms with Crippen LogP contribution in [0.15, 0.2) is 47.9 Å². The maximum absolute atomic E-state index is 13.3. The zero-order valence-electron chi connectivity index (χ0n) is 21.7. The molecule has 9 heteroatoms. The minimum atomic E-state index is -1.000. The third-order valence-electron chi connectivity index (χ3n) is 8.30. The lowest BCUT2D eigenvalue weighted by Crippen LogP contribution is -2.29. The molecule has 2 atom stereocenters. The lowest BCUT2D eigenvalue weighted by molar-refractivity contribution is 0.0553. The third kappa shape index (κ3) is 3.53. The number of aliphatic hydroxyl groups is 1. The van der Waals surface area contributed by atoms with Gasteiger partial charge in [-0.1, -0.05) is 12.1 Å². The molecule has 38 heavy (non-hydrogen) atoms. The number of hydrogen-bond donors (Lipinski definition) is 2. The van der Waals surface area contributed by atoms with Crippen LogP contribution < -0.4 is 10.9 Å². The van der Waals surface area contributed by atoms with Crippen LogP contribution >= 0.6 is 0 Å². The van der Waals surface area contributed by atoms with Gasteiger partial charge in [-0.05, 0) is 86.0 Å². The van der Waals surface area contributed by atoms with Crippen molar-refractivity contribution < 1.29 is 5.11 Å². The summed E-state index contributed by atoms with van der Waals surface area (Å²) < 4.78 is 3.27. The summed E-state index contributed by atoms with van der Waals surface area (Å²) >= 11 is 0. The van der Waals surface area contributed by atoms with E-state index in [1.54, 1.807) is 28.6 Å². The summed E-state index contributed by atoms with van der Waals surface area (Å²) in [6, 6.07) is 8.29. The molecule has 7 rings (SSSR count). The van der Waals surface area contributed by atoms with Crippen LogP contribution in [0, 0.1) is 0 Å². The predicted molar refractivity (Wildman–Crippen MR) is 146 cm³/mol. The summed E-state index contributed by atoms with van der Waals surface area (Å²) in [5.74, 6) is 1.57. The Morgan fingerprint density at radius 3 is 2.89 bits per heavy atom. The first-order chi connectivity index (χ1) is 18.3. The van der Waals surface area contributed by atoms with Crippen molar-refractivity contribution in [3.05, 3.63) is 81.4 Å². The van der Waals surface area contributed by atoms with Crippen molar-refractivity contribution in [3.8, 4) is 5.82 Å². The number of allylic oxidation sites excluding steroid dienone is 1. The number of aromatic nitrogens is 5. The summed E-state index contributed by atoms with van der Waals surface area (Å²) in [6.07, 6.45) is 6.94. The Bertz CT molecular complexity index is 1680. The van der Waals surface area contributed by atoms with E-state index in [1.165, 1.54) is 23.1 Å². The third-order valence-corrected chi connectivity index (χ3v) is 8.30. The molecule has 4 heterocycles. The van der Waals surface area contributed by atoms with Crippen LogP contribution in [0.2, 0.25) is 0 Å². The van der Waals surface area contributed by atoms with Crippen LogP contribution in [0.1, 0.15) is 53.6 Å². The fourth-order valence-electron chi connectivity index (χ4n) is 6.60. The van der Waals surface area contributed by atoms with E-state index in [4.69, 9.17) is 9.97 Å². The molecule has 0 saturated carbocycles. The van der Waals surface area contributed by atoms with Gasteiger partial charge in [-0.15, -0.1) is 6.58 Å². The van der Waals surface area contributed by atoms with E-state index < -0.39 is 5.60 Å². The second-order valence-electron chi connectivity index (χ2n) is 11.1. The highest BCUT2D eigenvalue weighted by Crippen LogP contribution is 2.41. The summed E-state index contributed by atoms with van der Waals surface area (Å²) in [5.41, 5.74) is 6.19. The lowest BCUT2D eigenvalue weighted by atomic mass is 9.91. The topological polar surface area (TPSA) is 101 Å². The van der Waals surface area contributed by atoms with Crippen molar-refractivity contribution in [2.75, 3.05) is 18.9 Å². The van der Waals surface area contributed by atoms with Gasteiger partial charge in [0.05, 0.1) is 12.2 Å². The SMILES string of the molecule is C=CCn1c(=O)c2cnc(Nc3cc4c5c(c3)CN(C)CC5CC4)nc2n1-c1ccc2c(n1)C(C)(O)CC2. The average Bonchev–Trinajstić information content (AvgIpc) is 3.52. The molecular weight excluding hydrogens is 478 g/mol. The smallest absolute Gasteiger partial charge is 0.278 e. The number of nitrogens with one attached hydrogen (secondary N) is 1. The van der Waals surface area contributed by atoms with E-state index in [2.05, 4.69) is 41.0 Å². The fraction of sp³-hybridized carbons (Fsp3) is 0.379. The van der Waals surface area contributed by atoms with Crippen molar-refractivity contribution >= 4 is 22.7 Å². The zero-order valence-corrected chi connectivity index (χ0v) is 21.7. The van der Waals surface area contributed by atoms with E-state index in [0.717, 1.165) is 37.2 Å². The number of anilines is 2. The molecule has 9 nitrogen and oxygen atoms in total. The summed E-state index contributed by atoms with van der Waals surface area (Å²) in [4.78, 5) is 29.8. The van der Waals surface area contributed by atoms with Crippen LogP contribution in [0.4, 0.5) is 11.6 Å². The normalized spacial score (nSPS) is 22.0. The molecule has 2 aliphatic carbocycles. The molecule has 4 aromatic rings. The van der Waals surface area contributed by atoms with E-state index in [-0.39, 0.29) is 12.1 Å². The minimum Gasteiger partial charge on any atom is -0.384 e. The van der Waals surface area contributed by atoms with Crippen molar-refractivity contribution in [3.63, 3.8) is 0 Å². The highest BCUT2D eigenvalue weighted by atomic mass is 16.3. The molecule has 1 aromatic carbocycles. The van der Waals surface area contributed by atoms with E-state index in [1.807, 2.05) is 12.1 Å². The number of likely N-dealkylation sites (N-methyl/N-ethyl adjacent to an activating group) is 1. The molecule has 2 N–H and O–H groups in total. The monoisotopic (exact) mass is 509 g/mol. The van der Waals surface area contributed by atoms with Crippen LogP contribution in [0.5, 0.6) is 0 Å². The van der Waals surface area contributed by atoms with Gasteiger partial charge in [0.1, 0.15) is 11.0 Å². The largest absolute Gasteiger partial charge is 0.384 e. The van der Waals surface area contributed by atoms with Gasteiger partial charge in [0.25, 0.3) is 5.56 Å². The lowest BCUT2D eigenvalue weighted by Gasteiger charge is -2.30. The Balaban J connectivity index is 1.34. The highest BCUT2D eigenvalue weighted by molar-refractivity contribution is 5.77. The van der Waals surface area contributed by atoms with Gasteiger partial charge in [0.2, 0.25) is 5.95 Å². The molecule has 194 valence electrons. The first kappa shape index (κ1) is 23.3. The number of fused-ring (bicyclic) bond motifs is 2. The molecule has 1 aliphatic heterocycles. The Morgan fingerprint density at radius 2 is 2.05 bits per heavy atom. The van der Waals surface area contributed by atoms with Gasteiger partial charge in [-0.25, -0.2) is 19.3 Å². The highest BCUT2D eigenvalue weighted by Gasteiger charge is 2.34. The van der Waals surface area contributed by atoms with E-state index >= 15 is 0 Å². The quantitative estimate of drug-likeness (QED) is 0.397. The Morgan fingerprint density at radius 1 is 1.21 bits per heavy atom. The van der Waals surface area contributed by atoms with E-state index in [9.17, 15) is 9.90 Å². The van der Waals surface area contributed by atoms with Gasteiger partial charge < -0.3 is 15.3 Å². The molecule has 3 aliphatic rings. The fourth-order valence-corrected chi connectivity index (χ4v) is 6.60. The van der Waals surface area contributed by atoms with Crippen molar-refractivity contribution in [2.24, 2.45) is 0 Å². The zero-order chi connectivity index (χ0) is 26.2. The molecule has 0 bridgehead atoms. The summed E-state index contributed by atoms with van der Waals surface area (Å²) in [5, 5.41) is 14.7. The van der Waals surface area contributed by atoms with Gasteiger partial charge in [0, 0.05) is 25.0 Å². The van der Waals surface area contributed by atoms with Crippen molar-refractivity contribution in [2.45, 2.75) is 57.2 Å². The maximum atomic E-state index is 13.3. The Kier molecular flexibility index (Phi) is 5.12. The number of hydrogen-bond acceptors (Lipinski definition) is 7. The van der Waals surface area contributed by atoms with Crippen molar-refractivity contribution in [1.29, 1.82) is 0 Å². The molecule has 2 unspecified atom stereocenters. The minimum absolute atomic E-state index is 0.212.